The van der Waals surface area contributed by atoms with E-state index in [0.29, 0.717) is 5.92 Å². The van der Waals surface area contributed by atoms with Crippen molar-refractivity contribution in [2.75, 3.05) is 6.26 Å². The quantitative estimate of drug-likeness (QED) is 0.526. The zero-order valence-electron chi connectivity index (χ0n) is 14.2. The van der Waals surface area contributed by atoms with Crippen molar-refractivity contribution in [1.29, 1.82) is 0 Å². The van der Waals surface area contributed by atoms with E-state index in [1.165, 1.54) is 16.0 Å². The smallest absolute Gasteiger partial charge is 0.0106 e. The Balaban J connectivity index is -0.000000328. The predicted molar refractivity (Wildman–Crippen MR) is 91.1 cm³/mol. The molecule has 0 aliphatic carbocycles. The number of hydrogen-bond acceptors (Lipinski definition) is 1. The van der Waals surface area contributed by atoms with Crippen molar-refractivity contribution >= 4 is 11.8 Å². The molecule has 1 heteroatoms. The Kier molecular flexibility index (Phi) is 20.9. The zero-order valence-corrected chi connectivity index (χ0v) is 15.0. The van der Waals surface area contributed by atoms with Crippen molar-refractivity contribution in [3.8, 4) is 0 Å². The largest absolute Gasteiger partial charge is 0.129 e. The van der Waals surface area contributed by atoms with E-state index in [-0.39, 0.29) is 0 Å². The number of aryl methyl sites for hydroxylation is 1. The summed E-state index contributed by atoms with van der Waals surface area (Å²) in [5, 5.41) is 0. The number of hydrogen-bond donors (Lipinski definition) is 0. The molecule has 0 bridgehead atoms. The lowest BCUT2D eigenvalue weighted by Gasteiger charge is -2.11. The first-order valence-electron chi connectivity index (χ1n) is 7.29. The second-order valence-electron chi connectivity index (χ2n) is 3.40. The molecule has 0 amide bonds. The van der Waals surface area contributed by atoms with Gasteiger partial charge in [0.1, 0.15) is 0 Å². The van der Waals surface area contributed by atoms with Crippen LogP contribution in [0.3, 0.4) is 0 Å². The molecule has 1 rings (SSSR count). The summed E-state index contributed by atoms with van der Waals surface area (Å²) in [6.45, 7) is 18.6. The van der Waals surface area contributed by atoms with Crippen LogP contribution >= 0.6 is 11.8 Å². The summed E-state index contributed by atoms with van der Waals surface area (Å²) in [4.78, 5) is 1.42. The minimum atomic E-state index is 0.632. The van der Waals surface area contributed by atoms with Gasteiger partial charge in [-0.25, -0.2) is 0 Å². The standard InChI is InChI=1S/C11H16S.3C2H6/c1-8(2)10-6-5-9(3)7-11(10)12-4;3*1-2/h5-8H,1-4H3;3*1-2H3. The van der Waals surface area contributed by atoms with Crippen LogP contribution in [0.5, 0.6) is 0 Å². The van der Waals surface area contributed by atoms with Crippen LogP contribution in [-0.2, 0) is 0 Å². The number of rotatable bonds is 2. The summed E-state index contributed by atoms with van der Waals surface area (Å²) in [5.74, 6) is 0.632. The Morgan fingerprint density at radius 1 is 0.889 bits per heavy atom. The first-order valence-corrected chi connectivity index (χ1v) is 8.52. The van der Waals surface area contributed by atoms with Crippen molar-refractivity contribution in [3.05, 3.63) is 29.3 Å². The maximum Gasteiger partial charge on any atom is 0.0106 e. The van der Waals surface area contributed by atoms with Crippen molar-refractivity contribution in [1.82, 2.24) is 0 Å². The molecular formula is C17H34S. The molecule has 0 aromatic heterocycles. The molecule has 0 fully saturated rings. The lowest BCUT2D eigenvalue weighted by Crippen LogP contribution is -1.90. The van der Waals surface area contributed by atoms with Crippen LogP contribution in [0.25, 0.3) is 0 Å². The molecule has 0 saturated heterocycles. The van der Waals surface area contributed by atoms with E-state index in [1.54, 1.807) is 0 Å². The lowest BCUT2D eigenvalue weighted by molar-refractivity contribution is 0.841. The summed E-state index contributed by atoms with van der Waals surface area (Å²) >= 11 is 1.84. The first-order chi connectivity index (χ1) is 8.65. The Morgan fingerprint density at radius 3 is 1.67 bits per heavy atom. The molecule has 1 aromatic carbocycles. The van der Waals surface area contributed by atoms with Gasteiger partial charge in [-0.1, -0.05) is 73.1 Å². The third-order valence-electron chi connectivity index (χ3n) is 2.01. The van der Waals surface area contributed by atoms with Gasteiger partial charge in [-0.15, -0.1) is 11.8 Å². The molecule has 0 radical (unpaired) electrons. The highest BCUT2D eigenvalue weighted by molar-refractivity contribution is 7.98. The molecule has 0 N–H and O–H groups in total. The maximum atomic E-state index is 2.26. The average Bonchev–Trinajstić information content (AvgIpc) is 2.45. The van der Waals surface area contributed by atoms with Gasteiger partial charge in [0, 0.05) is 4.90 Å². The SMILES string of the molecule is CC.CC.CC.CSc1cc(C)ccc1C(C)C. The van der Waals surface area contributed by atoms with E-state index in [1.807, 2.05) is 53.3 Å². The molecule has 0 nitrogen and oxygen atoms in total. The first kappa shape index (κ1) is 22.7. The van der Waals surface area contributed by atoms with E-state index in [0.717, 1.165) is 0 Å². The van der Waals surface area contributed by atoms with Gasteiger partial charge in [0.15, 0.2) is 0 Å². The van der Waals surface area contributed by atoms with Gasteiger partial charge in [-0.3, -0.25) is 0 Å². The topological polar surface area (TPSA) is 0 Å². The molecule has 0 spiro atoms. The molecule has 0 aliphatic rings. The second kappa shape index (κ2) is 16.6. The Hall–Kier alpha value is -0.430. The fraction of sp³-hybridized carbons (Fsp3) is 0.647. The fourth-order valence-electron chi connectivity index (χ4n) is 1.30. The molecule has 0 aliphatic heterocycles. The third kappa shape index (κ3) is 9.58. The molecular weight excluding hydrogens is 236 g/mol. The molecule has 108 valence electrons. The minimum Gasteiger partial charge on any atom is -0.129 e. The Bertz CT molecular complexity index is 264. The Morgan fingerprint density at radius 2 is 1.33 bits per heavy atom. The van der Waals surface area contributed by atoms with E-state index in [2.05, 4.69) is 45.2 Å². The van der Waals surface area contributed by atoms with Crippen molar-refractivity contribution < 1.29 is 0 Å². The van der Waals surface area contributed by atoms with Gasteiger partial charge < -0.3 is 0 Å². The van der Waals surface area contributed by atoms with E-state index >= 15 is 0 Å². The summed E-state index contributed by atoms with van der Waals surface area (Å²) < 4.78 is 0. The van der Waals surface area contributed by atoms with E-state index in [9.17, 15) is 0 Å². The third-order valence-corrected chi connectivity index (χ3v) is 2.80. The highest BCUT2D eigenvalue weighted by Gasteiger charge is 2.04. The monoisotopic (exact) mass is 270 g/mol. The van der Waals surface area contributed by atoms with Crippen LogP contribution in [0.15, 0.2) is 23.1 Å². The molecule has 0 heterocycles. The number of benzene rings is 1. The lowest BCUT2D eigenvalue weighted by atomic mass is 10.0. The fourth-order valence-corrected chi connectivity index (χ4v) is 2.14. The van der Waals surface area contributed by atoms with Gasteiger partial charge in [-0.2, -0.15) is 0 Å². The van der Waals surface area contributed by atoms with Crippen LogP contribution < -0.4 is 0 Å². The summed E-state index contributed by atoms with van der Waals surface area (Å²) in [6.07, 6.45) is 2.14. The van der Waals surface area contributed by atoms with Gasteiger partial charge >= 0.3 is 0 Å². The summed E-state index contributed by atoms with van der Waals surface area (Å²) in [7, 11) is 0. The average molecular weight is 271 g/mol. The summed E-state index contributed by atoms with van der Waals surface area (Å²) in [5.41, 5.74) is 2.82. The van der Waals surface area contributed by atoms with Crippen LogP contribution in [0.4, 0.5) is 0 Å². The van der Waals surface area contributed by atoms with E-state index < -0.39 is 0 Å². The zero-order chi connectivity index (χ0) is 15.1. The van der Waals surface area contributed by atoms with Crippen molar-refractivity contribution in [3.63, 3.8) is 0 Å². The normalized spacial score (nSPS) is 8.17. The highest BCUT2D eigenvalue weighted by atomic mass is 32.2. The second-order valence-corrected chi connectivity index (χ2v) is 4.25. The number of thioether (sulfide) groups is 1. The Labute approximate surface area is 121 Å². The van der Waals surface area contributed by atoms with Gasteiger partial charge in [0.2, 0.25) is 0 Å². The van der Waals surface area contributed by atoms with Gasteiger partial charge in [0.25, 0.3) is 0 Å². The molecule has 18 heavy (non-hydrogen) atoms. The van der Waals surface area contributed by atoms with Gasteiger partial charge in [0.05, 0.1) is 0 Å². The van der Waals surface area contributed by atoms with Crippen molar-refractivity contribution in [2.24, 2.45) is 0 Å². The molecule has 1 aromatic rings. The highest BCUT2D eigenvalue weighted by Crippen LogP contribution is 2.27. The van der Waals surface area contributed by atoms with E-state index in [4.69, 9.17) is 0 Å². The van der Waals surface area contributed by atoms with Crippen LogP contribution in [0.2, 0.25) is 0 Å². The van der Waals surface area contributed by atoms with Crippen molar-refractivity contribution in [2.45, 2.75) is 73.1 Å². The molecule has 0 unspecified atom stereocenters. The predicted octanol–water partition coefficient (Wildman–Crippen LogP) is 6.92. The molecule has 0 saturated carbocycles. The van der Waals surface area contributed by atoms with Crippen LogP contribution in [0.1, 0.15) is 72.4 Å². The van der Waals surface area contributed by atoms with Crippen LogP contribution in [-0.4, -0.2) is 6.26 Å². The minimum absolute atomic E-state index is 0.632. The maximum absolute atomic E-state index is 2.26. The molecule has 0 atom stereocenters. The van der Waals surface area contributed by atoms with Crippen LogP contribution in [0, 0.1) is 6.92 Å². The van der Waals surface area contributed by atoms with Gasteiger partial charge in [-0.05, 0) is 30.7 Å². The summed E-state index contributed by atoms with van der Waals surface area (Å²) in [6, 6.07) is 6.70.